The minimum atomic E-state index is -0.275. The van der Waals surface area contributed by atoms with E-state index in [4.69, 9.17) is 16.0 Å². The number of aromatic nitrogens is 2. The Kier molecular flexibility index (Phi) is 3.27. The molecule has 0 unspecified atom stereocenters. The molecule has 0 aliphatic rings. The number of nitrogens with zero attached hydrogens (tertiary/aromatic N) is 2. The molecule has 0 fully saturated rings. The van der Waals surface area contributed by atoms with Gasteiger partial charge in [-0.15, -0.1) is 0 Å². The minimum absolute atomic E-state index is 0.275. The van der Waals surface area contributed by atoms with E-state index < -0.39 is 0 Å². The molecule has 4 N–H and O–H groups in total. The van der Waals surface area contributed by atoms with E-state index in [1.807, 2.05) is 0 Å². The number of hydrogen-bond acceptors (Lipinski definition) is 5. The molecule has 1 heterocycles. The number of halogens is 1. The van der Waals surface area contributed by atoms with Gasteiger partial charge >= 0.3 is 0 Å². The fraction of sp³-hybridized carbons (Fsp3) is 0.0667. The zero-order valence-electron chi connectivity index (χ0n) is 11.1. The third-order valence-electron chi connectivity index (χ3n) is 2.97. The number of anilines is 2. The van der Waals surface area contributed by atoms with Crippen molar-refractivity contribution in [2.45, 2.75) is 6.42 Å². The van der Waals surface area contributed by atoms with Crippen LogP contribution in [0, 0.1) is 5.82 Å². The van der Waals surface area contributed by atoms with Crippen LogP contribution in [0.25, 0.3) is 11.5 Å². The molecule has 5 nitrogen and oxygen atoms in total. The smallest absolute Gasteiger partial charge is 0.258 e. The molecule has 0 aliphatic heterocycles. The predicted octanol–water partition coefficient (Wildman–Crippen LogP) is 2.63. The van der Waals surface area contributed by atoms with Gasteiger partial charge in [-0.25, -0.2) is 4.39 Å². The molecule has 1 aromatic heterocycles. The monoisotopic (exact) mass is 284 g/mol. The molecular weight excluding hydrogens is 271 g/mol. The van der Waals surface area contributed by atoms with E-state index in [1.165, 1.54) is 12.1 Å². The Labute approximate surface area is 120 Å². The van der Waals surface area contributed by atoms with Crippen LogP contribution < -0.4 is 11.5 Å². The van der Waals surface area contributed by atoms with E-state index in [1.54, 1.807) is 30.3 Å². The van der Waals surface area contributed by atoms with Gasteiger partial charge in [-0.3, -0.25) is 0 Å². The van der Waals surface area contributed by atoms with Gasteiger partial charge in [0.2, 0.25) is 0 Å². The molecule has 0 radical (unpaired) electrons. The second-order valence-corrected chi connectivity index (χ2v) is 4.71. The second kappa shape index (κ2) is 5.24. The van der Waals surface area contributed by atoms with Crippen molar-refractivity contribution in [1.82, 2.24) is 10.1 Å². The van der Waals surface area contributed by atoms with Crippen LogP contribution in [0.5, 0.6) is 0 Å². The largest absolute Gasteiger partial charge is 0.399 e. The Hall–Kier alpha value is -2.89. The molecule has 0 spiro atoms. The van der Waals surface area contributed by atoms with E-state index in [2.05, 4.69) is 10.1 Å². The summed E-state index contributed by atoms with van der Waals surface area (Å²) in [6, 6.07) is 11.2. The Morgan fingerprint density at radius 3 is 2.33 bits per heavy atom. The molecule has 21 heavy (non-hydrogen) atoms. The Bertz CT molecular complexity index is 747. The molecule has 2 aromatic carbocycles. The van der Waals surface area contributed by atoms with Gasteiger partial charge in [0.05, 0.1) is 0 Å². The highest BCUT2D eigenvalue weighted by Gasteiger charge is 2.10. The van der Waals surface area contributed by atoms with Crippen LogP contribution in [0.3, 0.4) is 0 Å². The lowest BCUT2D eigenvalue weighted by Crippen LogP contribution is -1.93. The van der Waals surface area contributed by atoms with E-state index >= 15 is 0 Å². The molecule has 0 aliphatic carbocycles. The highest BCUT2D eigenvalue weighted by molar-refractivity contribution is 5.67. The highest BCUT2D eigenvalue weighted by atomic mass is 19.1. The summed E-state index contributed by atoms with van der Waals surface area (Å²) in [6.45, 7) is 0. The molecule has 6 heteroatoms. The van der Waals surface area contributed by atoms with Crippen molar-refractivity contribution in [3.63, 3.8) is 0 Å². The average Bonchev–Trinajstić information content (AvgIpc) is 2.89. The first kappa shape index (κ1) is 13.1. The number of nitrogens with two attached hydrogens (primary N) is 2. The van der Waals surface area contributed by atoms with Gasteiger partial charge in [-0.05, 0) is 35.9 Å². The summed E-state index contributed by atoms with van der Waals surface area (Å²) in [5, 5.41) is 3.91. The lowest BCUT2D eigenvalue weighted by atomic mass is 10.1. The number of rotatable bonds is 3. The van der Waals surface area contributed by atoms with Crippen molar-refractivity contribution in [3.05, 3.63) is 59.7 Å². The first-order valence-corrected chi connectivity index (χ1v) is 6.33. The van der Waals surface area contributed by atoms with Crippen LogP contribution in [0.1, 0.15) is 11.4 Å². The summed E-state index contributed by atoms with van der Waals surface area (Å²) in [6.07, 6.45) is 0.460. The average molecular weight is 284 g/mol. The molecule has 0 atom stereocenters. The Morgan fingerprint density at radius 1 is 1.00 bits per heavy atom. The van der Waals surface area contributed by atoms with Crippen LogP contribution >= 0.6 is 0 Å². The van der Waals surface area contributed by atoms with Crippen LogP contribution in [0.15, 0.2) is 47.0 Å². The van der Waals surface area contributed by atoms with Gasteiger partial charge in [0.1, 0.15) is 5.82 Å². The van der Waals surface area contributed by atoms with Gasteiger partial charge < -0.3 is 16.0 Å². The lowest BCUT2D eigenvalue weighted by Gasteiger charge is -1.99. The van der Waals surface area contributed by atoms with Crippen molar-refractivity contribution < 1.29 is 8.91 Å². The van der Waals surface area contributed by atoms with E-state index in [9.17, 15) is 4.39 Å². The van der Waals surface area contributed by atoms with Crippen molar-refractivity contribution in [2.24, 2.45) is 0 Å². The normalized spacial score (nSPS) is 10.7. The molecule has 3 rings (SSSR count). The first-order chi connectivity index (χ1) is 10.1. The zero-order valence-corrected chi connectivity index (χ0v) is 11.1. The molecule has 0 saturated heterocycles. The van der Waals surface area contributed by atoms with E-state index in [-0.39, 0.29) is 5.82 Å². The molecule has 0 amide bonds. The van der Waals surface area contributed by atoms with E-state index in [0.717, 1.165) is 5.56 Å². The highest BCUT2D eigenvalue weighted by Crippen LogP contribution is 2.23. The Balaban J connectivity index is 1.84. The van der Waals surface area contributed by atoms with Crippen molar-refractivity contribution in [3.8, 4) is 11.5 Å². The fourth-order valence-corrected chi connectivity index (χ4v) is 2.03. The van der Waals surface area contributed by atoms with Gasteiger partial charge in [0.25, 0.3) is 5.89 Å². The van der Waals surface area contributed by atoms with Gasteiger partial charge in [0, 0.05) is 23.4 Å². The summed E-state index contributed by atoms with van der Waals surface area (Å²) >= 11 is 0. The summed E-state index contributed by atoms with van der Waals surface area (Å²) in [5.41, 5.74) is 14.1. The van der Waals surface area contributed by atoms with Gasteiger partial charge in [-0.2, -0.15) is 4.98 Å². The third kappa shape index (κ3) is 3.00. The predicted molar refractivity (Wildman–Crippen MR) is 77.8 cm³/mol. The SMILES string of the molecule is Nc1cc(N)cc(-c2nc(Cc3ccc(F)cc3)no2)c1. The lowest BCUT2D eigenvalue weighted by molar-refractivity contribution is 0.424. The zero-order chi connectivity index (χ0) is 14.8. The summed E-state index contributed by atoms with van der Waals surface area (Å²) in [5.74, 6) is 0.589. The third-order valence-corrected chi connectivity index (χ3v) is 2.97. The summed E-state index contributed by atoms with van der Waals surface area (Å²) in [7, 11) is 0. The standard InChI is InChI=1S/C15H13FN4O/c16-11-3-1-9(2-4-11)5-14-19-15(21-20-14)10-6-12(17)8-13(18)7-10/h1-4,6-8H,5,17-18H2. The Morgan fingerprint density at radius 2 is 1.67 bits per heavy atom. The van der Waals surface area contributed by atoms with Crippen molar-refractivity contribution in [2.75, 3.05) is 11.5 Å². The van der Waals surface area contributed by atoms with Crippen molar-refractivity contribution in [1.29, 1.82) is 0 Å². The van der Waals surface area contributed by atoms with Gasteiger partial charge in [-0.1, -0.05) is 17.3 Å². The number of nitrogen functional groups attached to an aromatic ring is 2. The van der Waals surface area contributed by atoms with Gasteiger partial charge in [0.15, 0.2) is 5.82 Å². The number of benzene rings is 2. The maximum atomic E-state index is 12.9. The maximum absolute atomic E-state index is 12.9. The maximum Gasteiger partial charge on any atom is 0.258 e. The van der Waals surface area contributed by atoms with Crippen LogP contribution in [0.2, 0.25) is 0 Å². The topological polar surface area (TPSA) is 91.0 Å². The quantitative estimate of drug-likeness (QED) is 0.721. The molecule has 106 valence electrons. The van der Waals surface area contributed by atoms with Crippen LogP contribution in [-0.4, -0.2) is 10.1 Å². The summed E-state index contributed by atoms with van der Waals surface area (Å²) in [4.78, 5) is 4.30. The molecule has 0 saturated carbocycles. The van der Waals surface area contributed by atoms with Crippen molar-refractivity contribution >= 4 is 11.4 Å². The van der Waals surface area contributed by atoms with Crippen LogP contribution in [-0.2, 0) is 6.42 Å². The van der Waals surface area contributed by atoms with Crippen LogP contribution in [0.4, 0.5) is 15.8 Å². The first-order valence-electron chi connectivity index (χ1n) is 6.33. The number of hydrogen-bond donors (Lipinski definition) is 2. The molecule has 3 aromatic rings. The summed E-state index contributed by atoms with van der Waals surface area (Å²) < 4.78 is 18.1. The fourth-order valence-electron chi connectivity index (χ4n) is 2.03. The molecule has 0 bridgehead atoms. The second-order valence-electron chi connectivity index (χ2n) is 4.71. The molecular formula is C15H13FN4O. The van der Waals surface area contributed by atoms with E-state index in [0.29, 0.717) is 35.1 Å². The minimum Gasteiger partial charge on any atom is -0.399 e.